The average Bonchev–Trinajstić information content (AvgIpc) is 2.63. The number of carbonyl (C=O) groups excluding carboxylic acids is 1. The molecule has 0 N–H and O–H groups in total. The van der Waals surface area contributed by atoms with E-state index >= 15 is 0 Å². The fourth-order valence-electron chi connectivity index (χ4n) is 3.32. The fraction of sp³-hybridized carbons (Fsp3) is 0.889. The van der Waals surface area contributed by atoms with Gasteiger partial charge in [0.2, 0.25) is 0 Å². The van der Waals surface area contributed by atoms with E-state index in [-0.39, 0.29) is 23.7 Å². The van der Waals surface area contributed by atoms with Crippen molar-refractivity contribution in [3.8, 4) is 0 Å². The Kier molecular flexibility index (Phi) is 1.51. The standard InChI is InChI=1S/C9H10Cl2O2/c10-9(11)5-1-2-6(9)7-4(5)3-13-8(7)12/h4-7H,1-3H2/t4-,5-,6-,7-/m1/s1. The highest BCUT2D eigenvalue weighted by molar-refractivity contribution is 6.49. The zero-order valence-electron chi connectivity index (χ0n) is 7.00. The van der Waals surface area contributed by atoms with E-state index in [9.17, 15) is 4.79 Å². The third-order valence-electron chi connectivity index (χ3n) is 3.88. The van der Waals surface area contributed by atoms with Crippen molar-refractivity contribution in [2.75, 3.05) is 6.61 Å². The van der Waals surface area contributed by atoms with E-state index in [1.165, 1.54) is 0 Å². The van der Waals surface area contributed by atoms with E-state index in [1.807, 2.05) is 0 Å². The van der Waals surface area contributed by atoms with Crippen LogP contribution in [0.5, 0.6) is 0 Å². The van der Waals surface area contributed by atoms with Crippen LogP contribution >= 0.6 is 23.2 Å². The molecule has 72 valence electrons. The molecule has 0 radical (unpaired) electrons. The molecule has 2 nitrogen and oxygen atoms in total. The van der Waals surface area contributed by atoms with Crippen molar-refractivity contribution in [1.29, 1.82) is 0 Å². The summed E-state index contributed by atoms with van der Waals surface area (Å²) >= 11 is 12.5. The predicted molar refractivity (Wildman–Crippen MR) is 48.6 cm³/mol. The van der Waals surface area contributed by atoms with Crippen LogP contribution in [0.4, 0.5) is 0 Å². The molecule has 3 fully saturated rings. The van der Waals surface area contributed by atoms with Gasteiger partial charge in [-0.1, -0.05) is 0 Å². The Labute approximate surface area is 86.5 Å². The zero-order valence-corrected chi connectivity index (χ0v) is 8.52. The molecule has 4 heteroatoms. The van der Waals surface area contributed by atoms with Crippen LogP contribution in [0.1, 0.15) is 12.8 Å². The Balaban J connectivity index is 2.03. The number of alkyl halides is 2. The molecule has 1 saturated heterocycles. The van der Waals surface area contributed by atoms with Gasteiger partial charge in [0.05, 0.1) is 12.5 Å². The number of fused-ring (bicyclic) bond motifs is 5. The maximum Gasteiger partial charge on any atom is 0.309 e. The smallest absolute Gasteiger partial charge is 0.309 e. The summed E-state index contributed by atoms with van der Waals surface area (Å²) in [5.74, 6) is 0.621. The summed E-state index contributed by atoms with van der Waals surface area (Å²) in [7, 11) is 0. The van der Waals surface area contributed by atoms with E-state index in [4.69, 9.17) is 27.9 Å². The van der Waals surface area contributed by atoms with Gasteiger partial charge in [0, 0.05) is 11.8 Å². The average molecular weight is 221 g/mol. The Hall–Kier alpha value is 0.0500. The number of halogens is 2. The molecule has 4 atom stereocenters. The number of esters is 1. The fourth-order valence-corrected chi connectivity index (χ4v) is 4.35. The third kappa shape index (κ3) is 0.841. The Morgan fingerprint density at radius 1 is 1.31 bits per heavy atom. The second kappa shape index (κ2) is 2.34. The highest BCUT2D eigenvalue weighted by Crippen LogP contribution is 2.65. The highest BCUT2D eigenvalue weighted by Gasteiger charge is 2.67. The first kappa shape index (κ1) is 8.37. The summed E-state index contributed by atoms with van der Waals surface area (Å²) in [5.41, 5.74) is 0. The second-order valence-corrected chi connectivity index (χ2v) is 5.73. The molecular weight excluding hydrogens is 211 g/mol. The van der Waals surface area contributed by atoms with Crippen LogP contribution in [-0.4, -0.2) is 16.9 Å². The summed E-state index contributed by atoms with van der Waals surface area (Å²) in [5, 5.41) is 0. The van der Waals surface area contributed by atoms with Gasteiger partial charge >= 0.3 is 5.97 Å². The highest BCUT2D eigenvalue weighted by atomic mass is 35.5. The van der Waals surface area contributed by atoms with Crippen LogP contribution < -0.4 is 0 Å². The predicted octanol–water partition coefficient (Wildman–Crippen LogP) is 1.99. The van der Waals surface area contributed by atoms with Gasteiger partial charge in [0.1, 0.15) is 4.33 Å². The summed E-state index contributed by atoms with van der Waals surface area (Å²) < 4.78 is 4.38. The van der Waals surface area contributed by atoms with Crippen LogP contribution in [0.25, 0.3) is 0 Å². The van der Waals surface area contributed by atoms with Crippen LogP contribution in [0, 0.1) is 23.7 Å². The number of hydrogen-bond acceptors (Lipinski definition) is 2. The quantitative estimate of drug-likeness (QED) is 0.461. The minimum atomic E-state index is -0.658. The van der Waals surface area contributed by atoms with Crippen molar-refractivity contribution in [1.82, 2.24) is 0 Å². The molecule has 0 aromatic rings. The topological polar surface area (TPSA) is 26.3 Å². The van der Waals surface area contributed by atoms with Crippen molar-refractivity contribution in [3.05, 3.63) is 0 Å². The summed E-state index contributed by atoms with van der Waals surface area (Å²) in [6, 6.07) is 0. The normalized spacial score (nSPS) is 50.8. The molecule has 1 aliphatic heterocycles. The van der Waals surface area contributed by atoms with Crippen molar-refractivity contribution in [2.24, 2.45) is 23.7 Å². The molecule has 3 aliphatic rings. The lowest BCUT2D eigenvalue weighted by molar-refractivity contribution is -0.142. The van der Waals surface area contributed by atoms with Crippen LogP contribution in [0.3, 0.4) is 0 Å². The van der Waals surface area contributed by atoms with Gasteiger partial charge in [-0.2, -0.15) is 0 Å². The van der Waals surface area contributed by atoms with Gasteiger partial charge in [-0.05, 0) is 18.8 Å². The first-order chi connectivity index (χ1) is 6.12. The van der Waals surface area contributed by atoms with E-state index in [1.54, 1.807) is 0 Å². The van der Waals surface area contributed by atoms with Gasteiger partial charge in [-0.3, -0.25) is 4.79 Å². The van der Waals surface area contributed by atoms with E-state index in [0.29, 0.717) is 12.5 Å². The van der Waals surface area contributed by atoms with E-state index in [2.05, 4.69) is 0 Å². The van der Waals surface area contributed by atoms with Crippen LogP contribution in [0.15, 0.2) is 0 Å². The SMILES string of the molecule is O=C1OC[C@H]2[C@@H]1[C@H]1CC[C@H]2C1(Cl)Cl. The summed E-state index contributed by atoms with van der Waals surface area (Å²) in [6.07, 6.45) is 2.03. The molecule has 0 unspecified atom stereocenters. The number of carbonyl (C=O) groups is 1. The lowest BCUT2D eigenvalue weighted by Gasteiger charge is -2.20. The molecule has 2 bridgehead atoms. The maximum absolute atomic E-state index is 11.4. The molecule has 2 aliphatic carbocycles. The lowest BCUT2D eigenvalue weighted by Crippen LogP contribution is -2.25. The molecule has 1 heterocycles. The van der Waals surface area contributed by atoms with Gasteiger partial charge in [-0.15, -0.1) is 23.2 Å². The number of ether oxygens (including phenoxy) is 1. The molecule has 0 aromatic heterocycles. The molecule has 0 spiro atoms. The van der Waals surface area contributed by atoms with Crippen molar-refractivity contribution >= 4 is 29.2 Å². The lowest BCUT2D eigenvalue weighted by atomic mass is 9.81. The third-order valence-corrected chi connectivity index (χ3v) is 5.00. The van der Waals surface area contributed by atoms with Crippen molar-refractivity contribution in [3.63, 3.8) is 0 Å². The Morgan fingerprint density at radius 3 is 2.69 bits per heavy atom. The van der Waals surface area contributed by atoms with Crippen LogP contribution in [-0.2, 0) is 9.53 Å². The Bertz CT molecular complexity index is 277. The van der Waals surface area contributed by atoms with Gasteiger partial charge in [0.15, 0.2) is 0 Å². The number of rotatable bonds is 0. The summed E-state index contributed by atoms with van der Waals surface area (Å²) in [6.45, 7) is 0.534. The van der Waals surface area contributed by atoms with E-state index in [0.717, 1.165) is 12.8 Å². The maximum atomic E-state index is 11.4. The number of cyclic esters (lactones) is 1. The van der Waals surface area contributed by atoms with Gasteiger partial charge in [0.25, 0.3) is 0 Å². The monoisotopic (exact) mass is 220 g/mol. The molecule has 2 saturated carbocycles. The second-order valence-electron chi connectivity index (χ2n) is 4.28. The molecule has 3 rings (SSSR count). The molecular formula is C9H10Cl2O2. The van der Waals surface area contributed by atoms with Crippen molar-refractivity contribution < 1.29 is 9.53 Å². The summed E-state index contributed by atoms with van der Waals surface area (Å²) in [4.78, 5) is 11.4. The largest absolute Gasteiger partial charge is 0.465 e. The minimum Gasteiger partial charge on any atom is -0.465 e. The van der Waals surface area contributed by atoms with Gasteiger partial charge in [-0.25, -0.2) is 0 Å². The molecule has 0 aromatic carbocycles. The van der Waals surface area contributed by atoms with Crippen LogP contribution in [0.2, 0.25) is 0 Å². The Morgan fingerprint density at radius 2 is 2.00 bits per heavy atom. The first-order valence-electron chi connectivity index (χ1n) is 4.67. The van der Waals surface area contributed by atoms with Gasteiger partial charge < -0.3 is 4.74 Å². The zero-order chi connectivity index (χ0) is 9.22. The molecule has 13 heavy (non-hydrogen) atoms. The minimum absolute atomic E-state index is 0.00579. The first-order valence-corrected chi connectivity index (χ1v) is 5.42. The van der Waals surface area contributed by atoms with E-state index < -0.39 is 4.33 Å². The van der Waals surface area contributed by atoms with Crippen molar-refractivity contribution in [2.45, 2.75) is 17.2 Å². The molecule has 0 amide bonds. The number of hydrogen-bond donors (Lipinski definition) is 0.